The van der Waals surface area contributed by atoms with Crippen LogP contribution in [-0.4, -0.2) is 68.6 Å². The van der Waals surface area contributed by atoms with Gasteiger partial charge in [0.2, 0.25) is 5.91 Å². The fourth-order valence-electron chi connectivity index (χ4n) is 3.82. The lowest BCUT2D eigenvalue weighted by molar-refractivity contribution is -0.127. The van der Waals surface area contributed by atoms with Crippen LogP contribution in [0.15, 0.2) is 24.3 Å². The molecule has 8 heteroatoms. The van der Waals surface area contributed by atoms with Crippen LogP contribution in [0.4, 0.5) is 5.69 Å². The number of benzene rings is 1. The number of carbonyl (C=O) groups is 3. The van der Waals surface area contributed by atoms with Crippen molar-refractivity contribution in [2.75, 3.05) is 37.7 Å². The Balaban J connectivity index is 1.69. The molecule has 2 amide bonds. The molecule has 0 aromatic heterocycles. The van der Waals surface area contributed by atoms with E-state index in [-0.39, 0.29) is 36.2 Å². The highest BCUT2D eigenvalue weighted by molar-refractivity contribution is 5.99. The van der Waals surface area contributed by atoms with Crippen molar-refractivity contribution in [1.82, 2.24) is 16.0 Å². The number of rotatable bonds is 7. The summed E-state index contributed by atoms with van der Waals surface area (Å²) in [6.07, 6.45) is 0.109. The molecule has 0 saturated carbocycles. The van der Waals surface area contributed by atoms with E-state index in [0.717, 1.165) is 31.9 Å². The lowest BCUT2D eigenvalue weighted by Gasteiger charge is -2.29. The molecule has 1 aromatic rings. The minimum absolute atomic E-state index is 0.00608. The van der Waals surface area contributed by atoms with Gasteiger partial charge in [0.15, 0.2) is 5.78 Å². The average molecular weight is 417 g/mol. The first-order valence-corrected chi connectivity index (χ1v) is 10.7. The molecule has 3 N–H and O–H groups in total. The molecule has 164 valence electrons. The monoisotopic (exact) mass is 416 g/mol. The smallest absolute Gasteiger partial charge is 0.252 e. The standard InChI is InChI=1S/C22H32N4O4/c1-14(2)11-18(22(29)25-20-15(3)30-13-19(20)27)24-21(28)16-5-4-6-17(12-16)26-9-7-23-8-10-26/h4-6,12,14-15,18,20,23H,7-11,13H2,1-3H3,(H,24,28)(H,25,29). The Labute approximate surface area is 177 Å². The van der Waals surface area contributed by atoms with Crippen LogP contribution >= 0.6 is 0 Å². The summed E-state index contributed by atoms with van der Waals surface area (Å²) in [6.45, 7) is 9.34. The van der Waals surface area contributed by atoms with Gasteiger partial charge >= 0.3 is 0 Å². The van der Waals surface area contributed by atoms with Gasteiger partial charge < -0.3 is 25.6 Å². The van der Waals surface area contributed by atoms with E-state index in [2.05, 4.69) is 20.9 Å². The van der Waals surface area contributed by atoms with Crippen molar-refractivity contribution >= 4 is 23.3 Å². The van der Waals surface area contributed by atoms with E-state index in [9.17, 15) is 14.4 Å². The normalized spacial score (nSPS) is 22.8. The van der Waals surface area contributed by atoms with Gasteiger partial charge in [0.05, 0.1) is 6.10 Å². The number of carbonyl (C=O) groups excluding carboxylic acids is 3. The van der Waals surface area contributed by atoms with Gasteiger partial charge in [-0.05, 0) is 37.5 Å². The molecule has 2 fully saturated rings. The summed E-state index contributed by atoms with van der Waals surface area (Å²) in [7, 11) is 0. The first kappa shape index (κ1) is 22.2. The van der Waals surface area contributed by atoms with Crippen LogP contribution in [-0.2, 0) is 14.3 Å². The molecule has 0 aliphatic carbocycles. The number of ether oxygens (including phenoxy) is 1. The van der Waals surface area contributed by atoms with Crippen LogP contribution in [0.3, 0.4) is 0 Å². The molecule has 8 nitrogen and oxygen atoms in total. The van der Waals surface area contributed by atoms with E-state index in [4.69, 9.17) is 4.74 Å². The van der Waals surface area contributed by atoms with Gasteiger partial charge in [0, 0.05) is 37.4 Å². The van der Waals surface area contributed by atoms with E-state index in [1.807, 2.05) is 32.0 Å². The topological polar surface area (TPSA) is 99.8 Å². The van der Waals surface area contributed by atoms with Gasteiger partial charge in [-0.3, -0.25) is 14.4 Å². The van der Waals surface area contributed by atoms with Gasteiger partial charge in [0.25, 0.3) is 5.91 Å². The highest BCUT2D eigenvalue weighted by atomic mass is 16.5. The molecule has 2 heterocycles. The molecule has 1 aromatic carbocycles. The van der Waals surface area contributed by atoms with Crippen molar-refractivity contribution < 1.29 is 19.1 Å². The maximum atomic E-state index is 12.9. The summed E-state index contributed by atoms with van der Waals surface area (Å²) in [4.78, 5) is 40.0. The third kappa shape index (κ3) is 5.58. The molecule has 2 saturated heterocycles. The largest absolute Gasteiger partial charge is 0.369 e. The third-order valence-electron chi connectivity index (χ3n) is 5.52. The van der Waals surface area contributed by atoms with Gasteiger partial charge in [-0.15, -0.1) is 0 Å². The summed E-state index contributed by atoms with van der Waals surface area (Å²) < 4.78 is 5.30. The zero-order valence-corrected chi connectivity index (χ0v) is 17.9. The van der Waals surface area contributed by atoms with E-state index >= 15 is 0 Å². The molecule has 0 bridgehead atoms. The van der Waals surface area contributed by atoms with Gasteiger partial charge in [-0.25, -0.2) is 0 Å². The summed E-state index contributed by atoms with van der Waals surface area (Å²) >= 11 is 0. The highest BCUT2D eigenvalue weighted by Crippen LogP contribution is 2.18. The first-order valence-electron chi connectivity index (χ1n) is 10.7. The molecule has 3 rings (SSSR count). The van der Waals surface area contributed by atoms with Crippen LogP contribution in [0.2, 0.25) is 0 Å². The number of Topliss-reactive ketones (excluding diaryl/α,β-unsaturated/α-hetero) is 1. The van der Waals surface area contributed by atoms with Crippen LogP contribution in [0.5, 0.6) is 0 Å². The minimum atomic E-state index is -0.721. The number of nitrogens with one attached hydrogen (secondary N) is 3. The number of anilines is 1. The SMILES string of the molecule is CC(C)CC(NC(=O)c1cccc(N2CCNCC2)c1)C(=O)NC1C(=O)COC1C. The predicted octanol–water partition coefficient (Wildman–Crippen LogP) is 0.713. The maximum Gasteiger partial charge on any atom is 0.252 e. The molecule has 3 unspecified atom stereocenters. The Morgan fingerprint density at radius 3 is 2.63 bits per heavy atom. The number of hydrogen-bond acceptors (Lipinski definition) is 6. The quantitative estimate of drug-likeness (QED) is 0.606. The van der Waals surface area contributed by atoms with E-state index in [1.165, 1.54) is 0 Å². The third-order valence-corrected chi connectivity index (χ3v) is 5.52. The summed E-state index contributed by atoms with van der Waals surface area (Å²) in [5, 5.41) is 8.94. The molecular formula is C22H32N4O4. The summed E-state index contributed by atoms with van der Waals surface area (Å²) in [6, 6.07) is 6.08. The number of amides is 2. The number of hydrogen-bond donors (Lipinski definition) is 3. The summed E-state index contributed by atoms with van der Waals surface area (Å²) in [5.41, 5.74) is 1.51. The molecule has 2 aliphatic heterocycles. The van der Waals surface area contributed by atoms with Crippen molar-refractivity contribution in [3.8, 4) is 0 Å². The lowest BCUT2D eigenvalue weighted by Crippen LogP contribution is -2.53. The molecule has 2 aliphatic rings. The number of piperazine rings is 1. The second kappa shape index (κ2) is 10.0. The number of nitrogens with zero attached hydrogens (tertiary/aromatic N) is 1. The Kier molecular flexibility index (Phi) is 7.44. The van der Waals surface area contributed by atoms with Crippen molar-refractivity contribution in [3.05, 3.63) is 29.8 Å². The Morgan fingerprint density at radius 1 is 1.27 bits per heavy atom. The second-order valence-corrected chi connectivity index (χ2v) is 8.41. The summed E-state index contributed by atoms with van der Waals surface area (Å²) in [5.74, 6) is -0.601. The highest BCUT2D eigenvalue weighted by Gasteiger charge is 2.35. The van der Waals surface area contributed by atoms with Crippen molar-refractivity contribution in [2.24, 2.45) is 5.92 Å². The van der Waals surface area contributed by atoms with E-state index in [0.29, 0.717) is 12.0 Å². The fraction of sp³-hybridized carbons (Fsp3) is 0.591. The first-order chi connectivity index (χ1) is 14.3. The van der Waals surface area contributed by atoms with Gasteiger partial charge in [-0.2, -0.15) is 0 Å². The van der Waals surface area contributed by atoms with Crippen LogP contribution in [0.25, 0.3) is 0 Å². The van der Waals surface area contributed by atoms with Crippen molar-refractivity contribution in [2.45, 2.75) is 45.4 Å². The molecule has 0 radical (unpaired) electrons. The maximum absolute atomic E-state index is 12.9. The van der Waals surface area contributed by atoms with Crippen molar-refractivity contribution in [1.29, 1.82) is 0 Å². The zero-order valence-electron chi connectivity index (χ0n) is 17.9. The Hall–Kier alpha value is -2.45. The average Bonchev–Trinajstić information content (AvgIpc) is 3.05. The second-order valence-electron chi connectivity index (χ2n) is 8.41. The van der Waals surface area contributed by atoms with E-state index in [1.54, 1.807) is 13.0 Å². The van der Waals surface area contributed by atoms with Crippen LogP contribution < -0.4 is 20.9 Å². The van der Waals surface area contributed by atoms with Gasteiger partial charge in [-0.1, -0.05) is 19.9 Å². The lowest BCUT2D eigenvalue weighted by atomic mass is 10.0. The van der Waals surface area contributed by atoms with Crippen LogP contribution in [0.1, 0.15) is 37.6 Å². The number of ketones is 1. The minimum Gasteiger partial charge on any atom is -0.369 e. The Morgan fingerprint density at radius 2 is 2.00 bits per heavy atom. The van der Waals surface area contributed by atoms with Crippen LogP contribution in [0, 0.1) is 5.92 Å². The Bertz CT molecular complexity index is 776. The fourth-order valence-corrected chi connectivity index (χ4v) is 3.82. The van der Waals surface area contributed by atoms with Gasteiger partial charge in [0.1, 0.15) is 18.7 Å². The molecular weight excluding hydrogens is 384 g/mol. The predicted molar refractivity (Wildman–Crippen MR) is 115 cm³/mol. The van der Waals surface area contributed by atoms with Crippen molar-refractivity contribution in [3.63, 3.8) is 0 Å². The zero-order chi connectivity index (χ0) is 21.7. The molecule has 30 heavy (non-hydrogen) atoms. The van der Waals surface area contributed by atoms with E-state index < -0.39 is 12.1 Å². The molecule has 0 spiro atoms. The molecule has 3 atom stereocenters.